The highest BCUT2D eigenvalue weighted by Gasteiger charge is 2.41. The highest BCUT2D eigenvalue weighted by molar-refractivity contribution is 8.02. The van der Waals surface area contributed by atoms with Crippen LogP contribution in [0.3, 0.4) is 0 Å². The fourth-order valence-electron chi connectivity index (χ4n) is 0.900. The van der Waals surface area contributed by atoms with E-state index in [0.717, 1.165) is 12.8 Å². The molecular formula is C9H9ClS. The Morgan fingerprint density at radius 1 is 1.18 bits per heavy atom. The van der Waals surface area contributed by atoms with Gasteiger partial charge >= 0.3 is 0 Å². The monoisotopic (exact) mass is 184 g/mol. The van der Waals surface area contributed by atoms with Crippen molar-refractivity contribution in [2.75, 3.05) is 0 Å². The first-order valence-electron chi connectivity index (χ1n) is 3.72. The standard InChI is InChI=1S/C9H9ClS/c10-9(6-7-9)11-8-4-2-1-3-5-8/h1-5H,6-7H2. The third kappa shape index (κ3) is 1.91. The van der Waals surface area contributed by atoms with Crippen molar-refractivity contribution in [3.63, 3.8) is 0 Å². The Morgan fingerprint density at radius 2 is 1.82 bits per heavy atom. The van der Waals surface area contributed by atoms with E-state index in [1.54, 1.807) is 11.8 Å². The molecule has 0 nitrogen and oxygen atoms in total. The third-order valence-corrected chi connectivity index (χ3v) is 3.58. The highest BCUT2D eigenvalue weighted by atomic mass is 35.5. The lowest BCUT2D eigenvalue weighted by molar-refractivity contribution is 1.34. The van der Waals surface area contributed by atoms with Crippen LogP contribution in [0.25, 0.3) is 0 Å². The van der Waals surface area contributed by atoms with Gasteiger partial charge in [0.05, 0.1) is 4.21 Å². The molecule has 0 N–H and O–H groups in total. The first-order chi connectivity index (χ1) is 5.29. The number of thioether (sulfide) groups is 1. The molecule has 0 bridgehead atoms. The predicted octanol–water partition coefficient (Wildman–Crippen LogP) is 3.51. The first kappa shape index (κ1) is 7.51. The summed E-state index contributed by atoms with van der Waals surface area (Å²) in [7, 11) is 0. The molecule has 0 radical (unpaired) electrons. The minimum Gasteiger partial charge on any atom is -0.107 e. The van der Waals surface area contributed by atoms with E-state index in [1.807, 2.05) is 18.2 Å². The second kappa shape index (κ2) is 2.72. The number of alkyl halides is 1. The Labute approximate surface area is 75.9 Å². The Hall–Kier alpha value is -0.140. The molecular weight excluding hydrogens is 176 g/mol. The molecule has 2 rings (SSSR count). The van der Waals surface area contributed by atoms with Gasteiger partial charge in [-0.15, -0.1) is 23.4 Å². The zero-order chi connectivity index (χ0) is 7.73. The van der Waals surface area contributed by atoms with E-state index in [0.29, 0.717) is 0 Å². The maximum atomic E-state index is 6.14. The molecule has 1 aliphatic carbocycles. The molecule has 0 aliphatic heterocycles. The van der Waals surface area contributed by atoms with Crippen LogP contribution in [0, 0.1) is 0 Å². The molecule has 11 heavy (non-hydrogen) atoms. The molecule has 0 heterocycles. The van der Waals surface area contributed by atoms with Crippen LogP contribution in [-0.2, 0) is 0 Å². The fraction of sp³-hybridized carbons (Fsp3) is 0.333. The molecule has 1 aromatic rings. The molecule has 1 aromatic carbocycles. The Bertz CT molecular complexity index is 241. The summed E-state index contributed by atoms with van der Waals surface area (Å²) < 4.78 is 0.0430. The summed E-state index contributed by atoms with van der Waals surface area (Å²) in [5.41, 5.74) is 0. The van der Waals surface area contributed by atoms with Gasteiger partial charge < -0.3 is 0 Å². The van der Waals surface area contributed by atoms with Gasteiger partial charge in [-0.05, 0) is 25.0 Å². The van der Waals surface area contributed by atoms with Gasteiger partial charge in [-0.2, -0.15) is 0 Å². The average molecular weight is 185 g/mol. The zero-order valence-electron chi connectivity index (χ0n) is 6.09. The average Bonchev–Trinajstić information content (AvgIpc) is 2.70. The highest BCUT2D eigenvalue weighted by Crippen LogP contribution is 2.54. The van der Waals surface area contributed by atoms with Gasteiger partial charge in [0.25, 0.3) is 0 Å². The fourth-order valence-corrected chi connectivity index (χ4v) is 2.28. The quantitative estimate of drug-likeness (QED) is 0.634. The Morgan fingerprint density at radius 3 is 2.36 bits per heavy atom. The van der Waals surface area contributed by atoms with E-state index in [9.17, 15) is 0 Å². The predicted molar refractivity (Wildman–Crippen MR) is 50.1 cm³/mol. The molecule has 0 saturated heterocycles. The molecule has 1 fully saturated rings. The van der Waals surface area contributed by atoms with Gasteiger partial charge in [0.15, 0.2) is 0 Å². The van der Waals surface area contributed by atoms with Gasteiger partial charge in [-0.3, -0.25) is 0 Å². The summed E-state index contributed by atoms with van der Waals surface area (Å²) in [6, 6.07) is 10.3. The molecule has 2 heteroatoms. The summed E-state index contributed by atoms with van der Waals surface area (Å²) >= 11 is 7.92. The minimum absolute atomic E-state index is 0.0430. The minimum atomic E-state index is 0.0430. The lowest BCUT2D eigenvalue weighted by Crippen LogP contribution is -1.86. The SMILES string of the molecule is ClC1(Sc2ccccc2)CC1. The normalized spacial score (nSPS) is 19.7. The molecule has 0 amide bonds. The largest absolute Gasteiger partial charge is 0.107 e. The van der Waals surface area contributed by atoms with Gasteiger partial charge in [-0.1, -0.05) is 18.2 Å². The van der Waals surface area contributed by atoms with Crippen molar-refractivity contribution >= 4 is 23.4 Å². The van der Waals surface area contributed by atoms with Gasteiger partial charge in [-0.25, -0.2) is 0 Å². The topological polar surface area (TPSA) is 0 Å². The van der Waals surface area contributed by atoms with E-state index in [2.05, 4.69) is 12.1 Å². The van der Waals surface area contributed by atoms with E-state index in [-0.39, 0.29) is 4.21 Å². The number of rotatable bonds is 2. The number of hydrogen-bond acceptors (Lipinski definition) is 1. The van der Waals surface area contributed by atoms with Crippen LogP contribution in [0.5, 0.6) is 0 Å². The first-order valence-corrected chi connectivity index (χ1v) is 4.91. The molecule has 0 atom stereocenters. The molecule has 1 saturated carbocycles. The van der Waals surface area contributed by atoms with Gasteiger partial charge in [0.2, 0.25) is 0 Å². The van der Waals surface area contributed by atoms with E-state index in [4.69, 9.17) is 11.6 Å². The van der Waals surface area contributed by atoms with Crippen molar-refractivity contribution in [2.45, 2.75) is 21.9 Å². The molecule has 58 valence electrons. The Balaban J connectivity index is 2.07. The second-order valence-corrected chi connectivity index (χ2v) is 5.20. The smallest absolute Gasteiger partial charge is 0.0944 e. The summed E-state index contributed by atoms with van der Waals surface area (Å²) in [6.07, 6.45) is 2.29. The maximum absolute atomic E-state index is 6.14. The molecule has 0 spiro atoms. The molecule has 0 aromatic heterocycles. The van der Waals surface area contributed by atoms with E-state index >= 15 is 0 Å². The van der Waals surface area contributed by atoms with Crippen molar-refractivity contribution < 1.29 is 0 Å². The summed E-state index contributed by atoms with van der Waals surface area (Å²) in [5, 5.41) is 0. The van der Waals surface area contributed by atoms with Crippen LogP contribution in [-0.4, -0.2) is 4.21 Å². The van der Waals surface area contributed by atoms with Gasteiger partial charge in [0.1, 0.15) is 0 Å². The number of benzene rings is 1. The van der Waals surface area contributed by atoms with E-state index < -0.39 is 0 Å². The number of halogens is 1. The molecule has 1 aliphatic rings. The number of hydrogen-bond donors (Lipinski definition) is 0. The second-order valence-electron chi connectivity index (χ2n) is 2.80. The van der Waals surface area contributed by atoms with Crippen LogP contribution >= 0.6 is 23.4 Å². The van der Waals surface area contributed by atoms with Crippen LogP contribution in [0.15, 0.2) is 35.2 Å². The lowest BCUT2D eigenvalue weighted by Gasteiger charge is -2.03. The van der Waals surface area contributed by atoms with Gasteiger partial charge in [0, 0.05) is 4.90 Å². The van der Waals surface area contributed by atoms with Crippen molar-refractivity contribution in [3.8, 4) is 0 Å². The Kier molecular flexibility index (Phi) is 1.86. The zero-order valence-corrected chi connectivity index (χ0v) is 7.66. The van der Waals surface area contributed by atoms with Crippen LogP contribution in [0.1, 0.15) is 12.8 Å². The van der Waals surface area contributed by atoms with E-state index in [1.165, 1.54) is 4.90 Å². The van der Waals surface area contributed by atoms with Crippen LogP contribution in [0.4, 0.5) is 0 Å². The third-order valence-electron chi connectivity index (χ3n) is 1.69. The maximum Gasteiger partial charge on any atom is 0.0944 e. The summed E-state index contributed by atoms with van der Waals surface area (Å²) in [5.74, 6) is 0. The summed E-state index contributed by atoms with van der Waals surface area (Å²) in [4.78, 5) is 1.28. The van der Waals surface area contributed by atoms with Crippen molar-refractivity contribution in [1.82, 2.24) is 0 Å². The van der Waals surface area contributed by atoms with Crippen molar-refractivity contribution in [1.29, 1.82) is 0 Å². The van der Waals surface area contributed by atoms with Crippen LogP contribution in [0.2, 0.25) is 0 Å². The summed E-state index contributed by atoms with van der Waals surface area (Å²) in [6.45, 7) is 0. The van der Waals surface area contributed by atoms with Crippen molar-refractivity contribution in [3.05, 3.63) is 30.3 Å². The lowest BCUT2D eigenvalue weighted by atomic mass is 10.4. The van der Waals surface area contributed by atoms with Crippen LogP contribution < -0.4 is 0 Å². The molecule has 0 unspecified atom stereocenters. The van der Waals surface area contributed by atoms with Crippen molar-refractivity contribution in [2.24, 2.45) is 0 Å².